The van der Waals surface area contributed by atoms with Crippen LogP contribution >= 0.6 is 0 Å². The van der Waals surface area contributed by atoms with E-state index in [4.69, 9.17) is 0 Å². The summed E-state index contributed by atoms with van der Waals surface area (Å²) in [4.78, 5) is 14.5. The Labute approximate surface area is 141 Å². The van der Waals surface area contributed by atoms with Crippen LogP contribution in [0.15, 0.2) is 36.9 Å². The first kappa shape index (κ1) is 13.9. The molecular weight excluding hydrogens is 296 g/mol. The summed E-state index contributed by atoms with van der Waals surface area (Å²) in [5.41, 5.74) is 6.52. The molecule has 4 heteroatoms. The maximum Gasteiger partial charge on any atom is 0.115 e. The molecule has 0 unspecified atom stereocenters. The molecule has 2 bridgehead atoms. The molecule has 1 saturated heterocycles. The number of nitrogens with one attached hydrogen (secondary N) is 1. The van der Waals surface area contributed by atoms with Crippen molar-refractivity contribution in [1.82, 2.24) is 19.9 Å². The molecule has 24 heavy (non-hydrogen) atoms. The molecule has 0 radical (unpaired) electrons. The van der Waals surface area contributed by atoms with Crippen LogP contribution in [-0.4, -0.2) is 32.9 Å². The van der Waals surface area contributed by atoms with Gasteiger partial charge in [0.25, 0.3) is 0 Å². The zero-order chi connectivity index (χ0) is 15.9. The Kier molecular flexibility index (Phi) is 3.23. The normalized spacial score (nSPS) is 22.8. The predicted octanol–water partition coefficient (Wildman–Crippen LogP) is 3.82. The first-order valence-electron chi connectivity index (χ1n) is 8.67. The Morgan fingerprint density at radius 3 is 2.75 bits per heavy atom. The maximum atomic E-state index is 4.07. The summed E-state index contributed by atoms with van der Waals surface area (Å²) < 4.78 is 0. The van der Waals surface area contributed by atoms with Crippen molar-refractivity contribution in [3.05, 3.63) is 59.3 Å². The van der Waals surface area contributed by atoms with Gasteiger partial charge in [0.1, 0.15) is 6.33 Å². The standard InChI is InChI=1S/C20H20N4/c1-2-15(5-4-14-10-21-13-22-11-14)19-17(3-1)18-12-24-8-6-16(7-9-24)20(18)23-19/h1-5,10-11,13,16,23H,6-9,12H2/b5-4-. The number of rotatable bonds is 2. The fraction of sp³-hybridized carbons (Fsp3) is 0.300. The maximum absolute atomic E-state index is 4.07. The number of H-pyrrole nitrogens is 1. The zero-order valence-corrected chi connectivity index (χ0v) is 13.6. The Morgan fingerprint density at radius 2 is 1.92 bits per heavy atom. The van der Waals surface area contributed by atoms with Crippen molar-refractivity contribution in [2.24, 2.45) is 0 Å². The smallest absolute Gasteiger partial charge is 0.115 e. The van der Waals surface area contributed by atoms with E-state index in [1.807, 2.05) is 12.4 Å². The molecule has 0 aliphatic carbocycles. The molecule has 6 rings (SSSR count). The highest BCUT2D eigenvalue weighted by Gasteiger charge is 2.30. The van der Waals surface area contributed by atoms with Crippen LogP contribution in [0.2, 0.25) is 0 Å². The molecule has 3 aliphatic rings. The average Bonchev–Trinajstić information content (AvgIpc) is 2.81. The number of hydrogen-bond donors (Lipinski definition) is 1. The SMILES string of the molecule is C(=C/c1cccc2c3c([nH]c12)C1CCN(CC1)C3)/c1cncnc1. The van der Waals surface area contributed by atoms with Crippen molar-refractivity contribution in [2.75, 3.05) is 13.1 Å². The number of fused-ring (bicyclic) bond motifs is 3. The van der Waals surface area contributed by atoms with Crippen LogP contribution in [0.1, 0.15) is 41.1 Å². The van der Waals surface area contributed by atoms with Crippen molar-refractivity contribution < 1.29 is 0 Å². The molecule has 2 aromatic heterocycles. The van der Waals surface area contributed by atoms with Gasteiger partial charge < -0.3 is 4.98 Å². The Hall–Kier alpha value is -2.46. The van der Waals surface area contributed by atoms with E-state index in [9.17, 15) is 0 Å². The Balaban J connectivity index is 1.61. The highest BCUT2D eigenvalue weighted by atomic mass is 15.1. The lowest BCUT2D eigenvalue weighted by Crippen LogP contribution is -2.29. The van der Waals surface area contributed by atoms with Gasteiger partial charge in [-0.15, -0.1) is 0 Å². The van der Waals surface area contributed by atoms with Gasteiger partial charge in [-0.3, -0.25) is 4.90 Å². The third-order valence-corrected chi connectivity index (χ3v) is 5.42. The molecule has 1 fully saturated rings. The van der Waals surface area contributed by atoms with E-state index in [-0.39, 0.29) is 0 Å². The lowest BCUT2D eigenvalue weighted by atomic mass is 9.94. The number of aromatic nitrogens is 3. The first-order valence-corrected chi connectivity index (χ1v) is 8.67. The molecule has 4 nitrogen and oxygen atoms in total. The van der Waals surface area contributed by atoms with Crippen molar-refractivity contribution in [2.45, 2.75) is 25.3 Å². The fourth-order valence-electron chi connectivity index (χ4n) is 4.16. The van der Waals surface area contributed by atoms with E-state index in [0.29, 0.717) is 5.92 Å². The number of benzene rings is 1. The lowest BCUT2D eigenvalue weighted by Gasteiger charge is -2.26. The Morgan fingerprint density at radius 1 is 1.08 bits per heavy atom. The van der Waals surface area contributed by atoms with Gasteiger partial charge in [0, 0.05) is 41.5 Å². The van der Waals surface area contributed by atoms with Crippen molar-refractivity contribution >= 4 is 23.1 Å². The summed E-state index contributed by atoms with van der Waals surface area (Å²) in [5.74, 6) is 0.700. The molecule has 0 saturated carbocycles. The summed E-state index contributed by atoms with van der Waals surface area (Å²) in [5, 5.41) is 1.38. The van der Waals surface area contributed by atoms with Crippen molar-refractivity contribution in [1.29, 1.82) is 0 Å². The third kappa shape index (κ3) is 2.26. The van der Waals surface area contributed by atoms with Gasteiger partial charge in [-0.25, -0.2) is 9.97 Å². The minimum Gasteiger partial charge on any atom is -0.357 e. The average molecular weight is 316 g/mol. The van der Waals surface area contributed by atoms with Crippen LogP contribution in [0.5, 0.6) is 0 Å². The van der Waals surface area contributed by atoms with Crippen molar-refractivity contribution in [3.8, 4) is 0 Å². The second-order valence-electron chi connectivity index (χ2n) is 6.84. The molecule has 0 spiro atoms. The van der Waals surface area contributed by atoms with E-state index < -0.39 is 0 Å². The summed E-state index contributed by atoms with van der Waals surface area (Å²) in [6, 6.07) is 6.61. The van der Waals surface area contributed by atoms with Crippen LogP contribution < -0.4 is 0 Å². The summed E-state index contributed by atoms with van der Waals surface area (Å²) in [6.45, 7) is 3.57. The summed E-state index contributed by atoms with van der Waals surface area (Å²) >= 11 is 0. The van der Waals surface area contributed by atoms with Gasteiger partial charge in [-0.1, -0.05) is 30.4 Å². The monoisotopic (exact) mass is 316 g/mol. The van der Waals surface area contributed by atoms with Crippen LogP contribution in [0.25, 0.3) is 23.1 Å². The quantitative estimate of drug-likeness (QED) is 0.781. The molecular formula is C20H20N4. The largest absolute Gasteiger partial charge is 0.357 e. The molecule has 1 N–H and O–H groups in total. The molecule has 120 valence electrons. The topological polar surface area (TPSA) is 44.8 Å². The lowest BCUT2D eigenvalue weighted by molar-refractivity contribution is 0.220. The second-order valence-corrected chi connectivity index (χ2v) is 6.84. The summed E-state index contributed by atoms with van der Waals surface area (Å²) in [6.07, 6.45) is 12.0. The number of hydrogen-bond acceptors (Lipinski definition) is 3. The molecule has 3 aliphatic heterocycles. The van der Waals surface area contributed by atoms with Gasteiger partial charge in [-0.05, 0) is 37.1 Å². The van der Waals surface area contributed by atoms with E-state index in [1.54, 1.807) is 6.33 Å². The van der Waals surface area contributed by atoms with Crippen LogP contribution in [0.4, 0.5) is 0 Å². The van der Waals surface area contributed by atoms with Gasteiger partial charge in [0.15, 0.2) is 0 Å². The molecule has 5 heterocycles. The minimum atomic E-state index is 0.700. The van der Waals surface area contributed by atoms with Gasteiger partial charge in [0.2, 0.25) is 0 Å². The van der Waals surface area contributed by atoms with Crippen LogP contribution in [0, 0.1) is 0 Å². The van der Waals surface area contributed by atoms with Gasteiger partial charge in [-0.2, -0.15) is 0 Å². The Bertz CT molecular complexity index is 902. The number of piperidine rings is 1. The molecule has 1 aromatic carbocycles. The van der Waals surface area contributed by atoms with E-state index in [0.717, 1.165) is 12.1 Å². The number of para-hydroxylation sites is 1. The fourth-order valence-corrected chi connectivity index (χ4v) is 4.16. The molecule has 0 amide bonds. The first-order chi connectivity index (χ1) is 11.9. The number of nitrogens with zero attached hydrogens (tertiary/aromatic N) is 3. The minimum absolute atomic E-state index is 0.700. The van der Waals surface area contributed by atoms with Gasteiger partial charge >= 0.3 is 0 Å². The van der Waals surface area contributed by atoms with Crippen LogP contribution in [0.3, 0.4) is 0 Å². The highest BCUT2D eigenvalue weighted by Crippen LogP contribution is 2.39. The number of aromatic amines is 1. The predicted molar refractivity (Wildman–Crippen MR) is 96.5 cm³/mol. The zero-order valence-electron chi connectivity index (χ0n) is 13.6. The second kappa shape index (κ2) is 5.56. The molecule has 0 atom stereocenters. The van der Waals surface area contributed by atoms with Crippen molar-refractivity contribution in [3.63, 3.8) is 0 Å². The third-order valence-electron chi connectivity index (χ3n) is 5.42. The van der Waals surface area contributed by atoms with E-state index in [2.05, 4.69) is 50.2 Å². The highest BCUT2D eigenvalue weighted by molar-refractivity contribution is 5.93. The van der Waals surface area contributed by atoms with E-state index in [1.165, 1.54) is 53.7 Å². The summed E-state index contributed by atoms with van der Waals surface area (Å²) in [7, 11) is 0. The van der Waals surface area contributed by atoms with Gasteiger partial charge in [0.05, 0.1) is 5.52 Å². The molecule has 3 aromatic rings. The van der Waals surface area contributed by atoms with Crippen LogP contribution in [-0.2, 0) is 6.54 Å². The van der Waals surface area contributed by atoms with E-state index >= 15 is 0 Å².